The molecule has 1 aromatic heterocycles. The fourth-order valence-corrected chi connectivity index (χ4v) is 3.60. The summed E-state index contributed by atoms with van der Waals surface area (Å²) in [6.07, 6.45) is 7.74. The van der Waals surface area contributed by atoms with E-state index in [1.54, 1.807) is 6.07 Å². The Kier molecular flexibility index (Phi) is 7.75. The third-order valence-corrected chi connectivity index (χ3v) is 5.18. The van der Waals surface area contributed by atoms with Crippen LogP contribution in [0.15, 0.2) is 23.2 Å². The molecule has 0 saturated heterocycles. The second-order valence-corrected chi connectivity index (χ2v) is 7.18. The summed E-state index contributed by atoms with van der Waals surface area (Å²) in [7, 11) is -3.54. The summed E-state index contributed by atoms with van der Waals surface area (Å²) >= 11 is 7.61. The Balaban J connectivity index is 2.34. The van der Waals surface area contributed by atoms with Gasteiger partial charge in [-0.3, -0.25) is 0 Å². The van der Waals surface area contributed by atoms with Gasteiger partial charge in [-0.25, -0.2) is 18.1 Å². The number of hydrogen-bond donors (Lipinski definition) is 1. The zero-order chi connectivity index (χ0) is 14.1. The lowest BCUT2D eigenvalue weighted by Crippen LogP contribution is -2.25. The molecular formula is C12H19ClN2O2S2. The molecule has 0 aliphatic carbocycles. The lowest BCUT2D eigenvalue weighted by molar-refractivity contribution is 0.573. The highest BCUT2D eigenvalue weighted by molar-refractivity contribution is 7.98. The summed E-state index contributed by atoms with van der Waals surface area (Å²) in [4.78, 5) is 3.81. The lowest BCUT2D eigenvalue weighted by atomic mass is 10.2. The summed E-state index contributed by atoms with van der Waals surface area (Å²) in [5.41, 5.74) is 0. The van der Waals surface area contributed by atoms with Gasteiger partial charge < -0.3 is 0 Å². The molecule has 0 unspecified atom stereocenters. The Bertz CT molecular complexity index is 480. The van der Waals surface area contributed by atoms with Crippen LogP contribution < -0.4 is 4.72 Å². The maximum absolute atomic E-state index is 11.9. The van der Waals surface area contributed by atoms with Crippen LogP contribution in [0.1, 0.15) is 25.7 Å². The van der Waals surface area contributed by atoms with Crippen molar-refractivity contribution in [2.24, 2.45) is 0 Å². The number of hydrogen-bond acceptors (Lipinski definition) is 4. The van der Waals surface area contributed by atoms with Crippen molar-refractivity contribution in [3.8, 4) is 0 Å². The van der Waals surface area contributed by atoms with Gasteiger partial charge in [0.05, 0.1) is 0 Å². The minimum atomic E-state index is -3.54. The van der Waals surface area contributed by atoms with Gasteiger partial charge in [0, 0.05) is 12.7 Å². The van der Waals surface area contributed by atoms with E-state index in [0.29, 0.717) is 6.54 Å². The molecule has 19 heavy (non-hydrogen) atoms. The van der Waals surface area contributed by atoms with Crippen molar-refractivity contribution in [3.05, 3.63) is 23.5 Å². The van der Waals surface area contributed by atoms with E-state index in [2.05, 4.69) is 16.0 Å². The Morgan fingerprint density at radius 1 is 1.32 bits per heavy atom. The summed E-state index contributed by atoms with van der Waals surface area (Å²) in [5.74, 6) is 1.16. The molecule has 0 radical (unpaired) electrons. The first kappa shape index (κ1) is 16.8. The summed E-state index contributed by atoms with van der Waals surface area (Å²) in [6, 6.07) is 3.01. The number of rotatable bonds is 9. The van der Waals surface area contributed by atoms with E-state index < -0.39 is 10.0 Å². The summed E-state index contributed by atoms with van der Waals surface area (Å²) < 4.78 is 26.4. The summed E-state index contributed by atoms with van der Waals surface area (Å²) in [5, 5.41) is 0.00923. The lowest BCUT2D eigenvalue weighted by Gasteiger charge is -2.07. The Labute approximate surface area is 124 Å². The van der Waals surface area contributed by atoms with Crippen molar-refractivity contribution >= 4 is 33.4 Å². The van der Waals surface area contributed by atoms with Gasteiger partial charge in [-0.15, -0.1) is 0 Å². The number of thioether (sulfide) groups is 1. The van der Waals surface area contributed by atoms with Gasteiger partial charge in [0.15, 0.2) is 0 Å². The molecule has 1 heterocycles. The minimum Gasteiger partial charge on any atom is -0.243 e. The van der Waals surface area contributed by atoms with Crippen molar-refractivity contribution in [1.82, 2.24) is 9.71 Å². The van der Waals surface area contributed by atoms with Gasteiger partial charge in [0.25, 0.3) is 0 Å². The van der Waals surface area contributed by atoms with Crippen LogP contribution in [0, 0.1) is 0 Å². The van der Waals surface area contributed by atoms with E-state index in [1.165, 1.54) is 18.7 Å². The molecule has 108 valence electrons. The topological polar surface area (TPSA) is 59.1 Å². The zero-order valence-corrected chi connectivity index (χ0v) is 13.3. The molecule has 0 spiro atoms. The molecule has 0 aromatic carbocycles. The molecule has 0 amide bonds. The highest BCUT2D eigenvalue weighted by Crippen LogP contribution is 2.17. The van der Waals surface area contributed by atoms with Gasteiger partial charge >= 0.3 is 0 Å². The normalized spacial score (nSPS) is 11.7. The number of sulfonamides is 1. The van der Waals surface area contributed by atoms with Crippen molar-refractivity contribution in [2.75, 3.05) is 18.6 Å². The second-order valence-electron chi connectivity index (χ2n) is 4.10. The predicted octanol–water partition coefficient (Wildman–Crippen LogP) is 2.94. The molecule has 1 rings (SSSR count). The highest BCUT2D eigenvalue weighted by atomic mass is 35.5. The Morgan fingerprint density at radius 2 is 2.05 bits per heavy atom. The third-order valence-electron chi connectivity index (χ3n) is 2.58. The first-order chi connectivity index (χ1) is 9.08. The van der Waals surface area contributed by atoms with Gasteiger partial charge in [0.2, 0.25) is 10.0 Å². The quantitative estimate of drug-likeness (QED) is 0.561. The van der Waals surface area contributed by atoms with Crippen LogP contribution in [0.3, 0.4) is 0 Å². The van der Waals surface area contributed by atoms with E-state index >= 15 is 0 Å². The molecule has 0 fully saturated rings. The number of pyridine rings is 1. The molecule has 7 heteroatoms. The van der Waals surface area contributed by atoms with Crippen molar-refractivity contribution in [2.45, 2.75) is 30.6 Å². The van der Waals surface area contributed by atoms with Gasteiger partial charge in [-0.05, 0) is 37.0 Å². The average Bonchev–Trinajstić information content (AvgIpc) is 2.38. The van der Waals surface area contributed by atoms with Crippen LogP contribution in [0.4, 0.5) is 0 Å². The second kappa shape index (κ2) is 8.79. The van der Waals surface area contributed by atoms with Crippen LogP contribution in [-0.2, 0) is 10.0 Å². The number of aromatic nitrogens is 1. The Morgan fingerprint density at radius 3 is 2.74 bits per heavy atom. The van der Waals surface area contributed by atoms with Crippen LogP contribution in [-0.4, -0.2) is 32.0 Å². The monoisotopic (exact) mass is 322 g/mol. The molecule has 0 bridgehead atoms. The zero-order valence-electron chi connectivity index (χ0n) is 10.9. The fraction of sp³-hybridized carbons (Fsp3) is 0.583. The molecule has 1 aromatic rings. The molecule has 0 saturated carbocycles. The van der Waals surface area contributed by atoms with Crippen molar-refractivity contribution < 1.29 is 8.42 Å². The van der Waals surface area contributed by atoms with Crippen LogP contribution in [0.25, 0.3) is 0 Å². The number of unbranched alkanes of at least 4 members (excludes halogenated alkanes) is 3. The van der Waals surface area contributed by atoms with E-state index in [-0.39, 0.29) is 10.0 Å². The first-order valence-electron chi connectivity index (χ1n) is 6.17. The fourth-order valence-electron chi connectivity index (χ4n) is 1.58. The van der Waals surface area contributed by atoms with Crippen molar-refractivity contribution in [3.63, 3.8) is 0 Å². The number of halogens is 1. The average molecular weight is 323 g/mol. The SMILES string of the molecule is CSCCCCCCNS(=O)(=O)c1cccnc1Cl. The van der Waals surface area contributed by atoms with Gasteiger partial charge in [-0.2, -0.15) is 11.8 Å². The van der Waals surface area contributed by atoms with E-state index in [1.807, 2.05) is 11.8 Å². The van der Waals surface area contributed by atoms with Crippen molar-refractivity contribution in [1.29, 1.82) is 0 Å². The van der Waals surface area contributed by atoms with E-state index in [0.717, 1.165) is 25.0 Å². The molecular weight excluding hydrogens is 304 g/mol. The molecule has 0 atom stereocenters. The molecule has 4 nitrogen and oxygen atoms in total. The maximum Gasteiger partial charge on any atom is 0.243 e. The molecule has 0 aliphatic rings. The Hall–Kier alpha value is -0.300. The van der Waals surface area contributed by atoms with Crippen LogP contribution >= 0.6 is 23.4 Å². The highest BCUT2D eigenvalue weighted by Gasteiger charge is 2.17. The summed E-state index contributed by atoms with van der Waals surface area (Å²) in [6.45, 7) is 0.437. The molecule has 1 N–H and O–H groups in total. The van der Waals surface area contributed by atoms with E-state index in [4.69, 9.17) is 11.6 Å². The largest absolute Gasteiger partial charge is 0.243 e. The third kappa shape index (κ3) is 6.12. The van der Waals surface area contributed by atoms with Crippen LogP contribution in [0.2, 0.25) is 5.15 Å². The molecule has 0 aliphatic heterocycles. The predicted molar refractivity (Wildman–Crippen MR) is 81.3 cm³/mol. The van der Waals surface area contributed by atoms with Crippen LogP contribution in [0.5, 0.6) is 0 Å². The maximum atomic E-state index is 11.9. The standard InChI is InChI=1S/C12H19ClN2O2S2/c1-18-10-5-3-2-4-9-15-19(16,17)11-7-6-8-14-12(11)13/h6-8,15H,2-5,9-10H2,1H3. The van der Waals surface area contributed by atoms with Gasteiger partial charge in [0.1, 0.15) is 10.0 Å². The number of nitrogens with zero attached hydrogens (tertiary/aromatic N) is 1. The van der Waals surface area contributed by atoms with Gasteiger partial charge in [-0.1, -0.05) is 24.4 Å². The van der Waals surface area contributed by atoms with E-state index in [9.17, 15) is 8.42 Å². The first-order valence-corrected chi connectivity index (χ1v) is 9.42. The smallest absolute Gasteiger partial charge is 0.243 e. The minimum absolute atomic E-state index is 0.00923. The number of nitrogens with one attached hydrogen (secondary N) is 1.